The molecule has 0 aromatic heterocycles. The molecular weight excluding hydrogens is 316 g/mol. The first-order chi connectivity index (χ1) is 10.6. The van der Waals surface area contributed by atoms with Crippen LogP contribution in [0.15, 0.2) is 30.3 Å². The van der Waals surface area contributed by atoms with E-state index < -0.39 is 8.80 Å². The quantitative estimate of drug-likeness (QED) is 0.635. The van der Waals surface area contributed by atoms with E-state index in [1.807, 2.05) is 6.07 Å². The highest BCUT2D eigenvalue weighted by Crippen LogP contribution is 2.38. The second-order valence-corrected chi connectivity index (χ2v) is 12.1. The molecule has 0 bridgehead atoms. The average Bonchev–Trinajstić information content (AvgIpc) is 2.32. The third kappa shape index (κ3) is 7.05. The molecule has 0 aliphatic carbocycles. The van der Waals surface area contributed by atoms with Crippen LogP contribution in [0, 0.1) is 0 Å². The van der Waals surface area contributed by atoms with Crippen LogP contribution in [0.3, 0.4) is 0 Å². The summed E-state index contributed by atoms with van der Waals surface area (Å²) in [5.74, 6) is 0. The molecular formula is C20H36O3Si. The average molecular weight is 353 g/mol. The molecule has 1 unspecified atom stereocenters. The highest BCUT2D eigenvalue weighted by molar-refractivity contribution is 6.62. The third-order valence-corrected chi connectivity index (χ3v) is 7.26. The Kier molecular flexibility index (Phi) is 6.48. The van der Waals surface area contributed by atoms with E-state index in [0.29, 0.717) is 0 Å². The summed E-state index contributed by atoms with van der Waals surface area (Å²) in [7, 11) is -3.05. The van der Waals surface area contributed by atoms with Gasteiger partial charge in [-0.2, -0.15) is 0 Å². The molecule has 0 radical (unpaired) electrons. The van der Waals surface area contributed by atoms with Gasteiger partial charge in [0.25, 0.3) is 0 Å². The Labute approximate surface area is 150 Å². The predicted octanol–water partition coefficient (Wildman–Crippen LogP) is 5.71. The van der Waals surface area contributed by atoms with Gasteiger partial charge in [-0.05, 0) is 67.9 Å². The molecule has 0 amide bonds. The first kappa shape index (κ1) is 21.4. The number of rotatable bonds is 5. The number of hydrogen-bond donors (Lipinski definition) is 0. The maximum absolute atomic E-state index is 6.59. The lowest BCUT2D eigenvalue weighted by Crippen LogP contribution is -2.60. The maximum Gasteiger partial charge on any atom is 0.509 e. The maximum atomic E-state index is 6.59. The van der Waals surface area contributed by atoms with Crippen LogP contribution in [-0.4, -0.2) is 25.6 Å². The fourth-order valence-electron chi connectivity index (χ4n) is 2.55. The van der Waals surface area contributed by atoms with Gasteiger partial charge < -0.3 is 13.3 Å². The standard InChI is InChI=1S/C20H36O3Si/c1-16(17-14-12-11-13-15-17)24(21-18(2,3)4,22-19(5,6)7)23-20(8,9)10/h11-16H,1-10H3. The van der Waals surface area contributed by atoms with Crippen LogP contribution in [0.1, 0.15) is 80.3 Å². The summed E-state index contributed by atoms with van der Waals surface area (Å²) in [6.45, 7) is 20.7. The topological polar surface area (TPSA) is 27.7 Å². The molecule has 0 aliphatic rings. The van der Waals surface area contributed by atoms with Crippen LogP contribution in [0.5, 0.6) is 0 Å². The molecule has 0 spiro atoms. The van der Waals surface area contributed by atoms with Gasteiger partial charge in [0.15, 0.2) is 0 Å². The molecule has 1 aromatic carbocycles. The minimum absolute atomic E-state index is 0.0383. The van der Waals surface area contributed by atoms with E-state index in [-0.39, 0.29) is 22.3 Å². The van der Waals surface area contributed by atoms with Crippen molar-refractivity contribution in [3.63, 3.8) is 0 Å². The van der Waals surface area contributed by atoms with Crippen LogP contribution in [0.2, 0.25) is 0 Å². The Morgan fingerprint density at radius 1 is 0.667 bits per heavy atom. The normalized spacial score (nSPS) is 15.4. The SMILES string of the molecule is CC(c1ccccc1)[Si](OC(C)(C)C)(OC(C)(C)C)OC(C)(C)C. The van der Waals surface area contributed by atoms with Gasteiger partial charge in [-0.15, -0.1) is 0 Å². The van der Waals surface area contributed by atoms with E-state index >= 15 is 0 Å². The largest absolute Gasteiger partial charge is 0.509 e. The van der Waals surface area contributed by atoms with Crippen molar-refractivity contribution in [2.45, 2.75) is 91.6 Å². The van der Waals surface area contributed by atoms with Gasteiger partial charge in [0, 0.05) is 0 Å². The summed E-state index contributed by atoms with van der Waals surface area (Å²) in [5, 5.41) is 0. The fourth-order valence-corrected chi connectivity index (χ4v) is 6.37. The van der Waals surface area contributed by atoms with Crippen molar-refractivity contribution in [1.82, 2.24) is 0 Å². The van der Waals surface area contributed by atoms with Gasteiger partial charge in [0.2, 0.25) is 0 Å². The Hall–Kier alpha value is -0.683. The van der Waals surface area contributed by atoms with Gasteiger partial charge >= 0.3 is 8.80 Å². The molecule has 1 atom stereocenters. The molecule has 24 heavy (non-hydrogen) atoms. The van der Waals surface area contributed by atoms with Crippen molar-refractivity contribution < 1.29 is 13.3 Å². The molecule has 0 aliphatic heterocycles. The summed E-state index contributed by atoms with van der Waals surface area (Å²) < 4.78 is 19.8. The molecule has 138 valence electrons. The molecule has 0 N–H and O–H groups in total. The van der Waals surface area contributed by atoms with Gasteiger partial charge in [0.05, 0.1) is 22.3 Å². The van der Waals surface area contributed by atoms with Crippen LogP contribution in [-0.2, 0) is 13.3 Å². The monoisotopic (exact) mass is 352 g/mol. The van der Waals surface area contributed by atoms with Gasteiger partial charge in [-0.3, -0.25) is 0 Å². The second kappa shape index (κ2) is 7.28. The first-order valence-electron chi connectivity index (χ1n) is 8.79. The lowest BCUT2D eigenvalue weighted by atomic mass is 10.2. The molecule has 0 saturated carbocycles. The lowest BCUT2D eigenvalue weighted by Gasteiger charge is -2.45. The Balaban J connectivity index is 3.43. The molecule has 1 aromatic rings. The minimum atomic E-state index is -3.05. The van der Waals surface area contributed by atoms with E-state index in [2.05, 4.69) is 93.5 Å². The van der Waals surface area contributed by atoms with Crippen LogP contribution in [0.4, 0.5) is 0 Å². The third-order valence-electron chi connectivity index (χ3n) is 3.18. The van der Waals surface area contributed by atoms with Gasteiger partial charge in [0.1, 0.15) is 0 Å². The van der Waals surface area contributed by atoms with Crippen LogP contribution in [0.25, 0.3) is 0 Å². The summed E-state index contributed by atoms with van der Waals surface area (Å²) in [6.07, 6.45) is 0. The highest BCUT2D eigenvalue weighted by atomic mass is 28.4. The summed E-state index contributed by atoms with van der Waals surface area (Å²) in [4.78, 5) is 0. The first-order valence-corrected chi connectivity index (χ1v) is 10.6. The van der Waals surface area contributed by atoms with E-state index in [9.17, 15) is 0 Å². The Morgan fingerprint density at radius 3 is 1.29 bits per heavy atom. The molecule has 0 fully saturated rings. The van der Waals surface area contributed by atoms with E-state index in [1.165, 1.54) is 5.56 Å². The van der Waals surface area contributed by atoms with Crippen LogP contribution >= 0.6 is 0 Å². The predicted molar refractivity (Wildman–Crippen MR) is 103 cm³/mol. The van der Waals surface area contributed by atoms with E-state index in [0.717, 1.165) is 0 Å². The van der Waals surface area contributed by atoms with Crippen molar-refractivity contribution in [3.05, 3.63) is 35.9 Å². The highest BCUT2D eigenvalue weighted by Gasteiger charge is 2.55. The van der Waals surface area contributed by atoms with Crippen molar-refractivity contribution in [3.8, 4) is 0 Å². The fraction of sp³-hybridized carbons (Fsp3) is 0.700. The summed E-state index contributed by atoms with van der Waals surface area (Å²) >= 11 is 0. The molecule has 0 heterocycles. The molecule has 1 rings (SSSR count). The Morgan fingerprint density at radius 2 is 1.00 bits per heavy atom. The minimum Gasteiger partial charge on any atom is -0.368 e. The van der Waals surface area contributed by atoms with Gasteiger partial charge in [-0.25, -0.2) is 0 Å². The van der Waals surface area contributed by atoms with E-state index in [4.69, 9.17) is 13.3 Å². The zero-order chi connectivity index (χ0) is 18.8. The Bertz CT molecular complexity index is 466. The molecule has 0 saturated heterocycles. The molecule has 3 nitrogen and oxygen atoms in total. The van der Waals surface area contributed by atoms with Crippen LogP contribution < -0.4 is 0 Å². The van der Waals surface area contributed by atoms with Crippen molar-refractivity contribution >= 4 is 8.80 Å². The zero-order valence-electron chi connectivity index (χ0n) is 17.2. The van der Waals surface area contributed by atoms with Crippen molar-refractivity contribution in [2.75, 3.05) is 0 Å². The second-order valence-electron chi connectivity index (χ2n) is 9.38. The number of benzene rings is 1. The lowest BCUT2D eigenvalue weighted by molar-refractivity contribution is -0.0802. The summed E-state index contributed by atoms with van der Waals surface area (Å²) in [5.41, 5.74) is 0.154. The zero-order valence-corrected chi connectivity index (χ0v) is 18.2. The number of hydrogen-bond acceptors (Lipinski definition) is 3. The van der Waals surface area contributed by atoms with Crippen molar-refractivity contribution in [1.29, 1.82) is 0 Å². The van der Waals surface area contributed by atoms with Gasteiger partial charge in [-0.1, -0.05) is 37.3 Å². The molecule has 4 heteroatoms. The smallest absolute Gasteiger partial charge is 0.368 e. The van der Waals surface area contributed by atoms with E-state index in [1.54, 1.807) is 0 Å². The van der Waals surface area contributed by atoms with Crippen molar-refractivity contribution in [2.24, 2.45) is 0 Å². The summed E-state index contributed by atoms with van der Waals surface area (Å²) in [6, 6.07) is 10.4.